The number of nitrogens with one attached hydrogen (secondary N) is 1. The van der Waals surface area contributed by atoms with E-state index in [1.807, 2.05) is 18.2 Å². The van der Waals surface area contributed by atoms with E-state index in [-0.39, 0.29) is 0 Å². The first kappa shape index (κ1) is 7.13. The van der Waals surface area contributed by atoms with Crippen molar-refractivity contribution in [2.45, 2.75) is 0 Å². The zero-order valence-electron chi connectivity index (χ0n) is 5.44. The Labute approximate surface area is 76.7 Å². The normalized spacial score (nSPS) is 10.7. The maximum Gasteiger partial charge on any atom is 0.135 e. The third-order valence-corrected chi connectivity index (χ3v) is 2.32. The molecule has 1 N–H and O–H groups in total. The van der Waals surface area contributed by atoms with Crippen LogP contribution in [-0.2, 0) is 0 Å². The number of aromatic amines is 1. The van der Waals surface area contributed by atoms with Crippen molar-refractivity contribution in [3.8, 4) is 0 Å². The minimum absolute atomic E-state index is 0.722. The fourth-order valence-corrected chi connectivity index (χ4v) is 1.54. The lowest BCUT2D eigenvalue weighted by atomic mass is 10.3. The van der Waals surface area contributed by atoms with Crippen LogP contribution < -0.4 is 0 Å². The lowest BCUT2D eigenvalue weighted by Crippen LogP contribution is -1.66. The van der Waals surface area contributed by atoms with Crippen molar-refractivity contribution in [1.82, 2.24) is 10.2 Å². The highest BCUT2D eigenvalue weighted by atomic mass is 79.9. The first-order valence-electron chi connectivity index (χ1n) is 3.06. The molecule has 0 saturated carbocycles. The van der Waals surface area contributed by atoms with Gasteiger partial charge >= 0.3 is 0 Å². The molecule has 0 radical (unpaired) electrons. The summed E-state index contributed by atoms with van der Waals surface area (Å²) >= 11 is 9.09. The minimum atomic E-state index is 0.722. The van der Waals surface area contributed by atoms with E-state index < -0.39 is 0 Å². The molecule has 0 saturated heterocycles. The van der Waals surface area contributed by atoms with Crippen LogP contribution >= 0.6 is 27.5 Å². The van der Waals surface area contributed by atoms with Crippen molar-refractivity contribution in [2.75, 3.05) is 0 Å². The Morgan fingerprint density at radius 3 is 3.09 bits per heavy atom. The molecule has 2 aromatic rings. The van der Waals surface area contributed by atoms with Crippen molar-refractivity contribution < 1.29 is 0 Å². The lowest BCUT2D eigenvalue weighted by molar-refractivity contribution is 1.10. The second-order valence-electron chi connectivity index (χ2n) is 2.20. The van der Waals surface area contributed by atoms with Crippen LogP contribution in [0.4, 0.5) is 0 Å². The summed E-state index contributed by atoms with van der Waals surface area (Å²) in [6.07, 6.45) is 0. The largest absolute Gasteiger partial charge is 0.277 e. The topological polar surface area (TPSA) is 28.7 Å². The van der Waals surface area contributed by atoms with Gasteiger partial charge in [-0.25, -0.2) is 0 Å². The van der Waals surface area contributed by atoms with E-state index >= 15 is 0 Å². The van der Waals surface area contributed by atoms with Gasteiger partial charge in [-0.05, 0) is 34.1 Å². The molecule has 0 bridgehead atoms. The summed E-state index contributed by atoms with van der Waals surface area (Å²) in [6, 6.07) is 5.59. The molecule has 1 aromatic heterocycles. The second-order valence-corrected chi connectivity index (χ2v) is 3.39. The number of halogens is 2. The van der Waals surface area contributed by atoms with E-state index in [1.54, 1.807) is 0 Å². The Bertz CT molecular complexity index is 396. The van der Waals surface area contributed by atoms with Crippen LogP contribution in [0.5, 0.6) is 0 Å². The molecule has 1 aromatic carbocycles. The van der Waals surface area contributed by atoms with E-state index in [0.717, 1.165) is 20.5 Å². The highest BCUT2D eigenvalue weighted by Gasteiger charge is 2.01. The predicted molar refractivity (Wildman–Crippen MR) is 48.8 cm³/mol. The number of hydrogen-bond acceptors (Lipinski definition) is 1. The van der Waals surface area contributed by atoms with Gasteiger partial charge in [0, 0.05) is 10.4 Å². The highest BCUT2D eigenvalue weighted by molar-refractivity contribution is 9.10. The van der Waals surface area contributed by atoms with E-state index in [4.69, 9.17) is 11.6 Å². The molecular formula is C7H4BrClN2. The van der Waals surface area contributed by atoms with Crippen molar-refractivity contribution >= 4 is 38.4 Å². The van der Waals surface area contributed by atoms with Crippen LogP contribution in [0.1, 0.15) is 0 Å². The highest BCUT2D eigenvalue weighted by Crippen LogP contribution is 2.23. The Hall–Kier alpha value is -0.540. The van der Waals surface area contributed by atoms with Gasteiger partial charge in [0.25, 0.3) is 0 Å². The monoisotopic (exact) mass is 230 g/mol. The van der Waals surface area contributed by atoms with Gasteiger partial charge in [-0.3, -0.25) is 5.10 Å². The summed E-state index contributed by atoms with van der Waals surface area (Å²) in [4.78, 5) is 0. The van der Waals surface area contributed by atoms with E-state index in [2.05, 4.69) is 26.1 Å². The van der Waals surface area contributed by atoms with Gasteiger partial charge in [-0.15, -0.1) is 0 Å². The summed E-state index contributed by atoms with van der Waals surface area (Å²) < 4.78 is 0.801. The minimum Gasteiger partial charge on any atom is -0.277 e. The van der Waals surface area contributed by atoms with Crippen LogP contribution in [0.25, 0.3) is 10.9 Å². The average molecular weight is 231 g/mol. The van der Waals surface area contributed by atoms with Crippen LogP contribution in [0.3, 0.4) is 0 Å². The Balaban J connectivity index is 2.87. The van der Waals surface area contributed by atoms with Gasteiger partial charge in [0.1, 0.15) is 4.60 Å². The summed E-state index contributed by atoms with van der Waals surface area (Å²) in [6.45, 7) is 0. The lowest BCUT2D eigenvalue weighted by Gasteiger charge is -1.88. The molecule has 2 rings (SSSR count). The number of rotatable bonds is 0. The molecule has 1 heterocycles. The van der Waals surface area contributed by atoms with Crippen molar-refractivity contribution in [2.24, 2.45) is 0 Å². The van der Waals surface area contributed by atoms with E-state index in [1.165, 1.54) is 0 Å². The number of aromatic nitrogens is 2. The molecule has 2 nitrogen and oxygen atoms in total. The quantitative estimate of drug-likeness (QED) is 0.742. The third kappa shape index (κ3) is 1.14. The Morgan fingerprint density at radius 2 is 2.27 bits per heavy atom. The van der Waals surface area contributed by atoms with Crippen molar-refractivity contribution in [1.29, 1.82) is 0 Å². The molecule has 0 aliphatic heterocycles. The van der Waals surface area contributed by atoms with Crippen LogP contribution in [0.15, 0.2) is 22.8 Å². The van der Waals surface area contributed by atoms with Gasteiger partial charge < -0.3 is 0 Å². The zero-order chi connectivity index (χ0) is 7.84. The van der Waals surface area contributed by atoms with Crippen LogP contribution in [0, 0.1) is 0 Å². The second kappa shape index (κ2) is 2.50. The number of fused-ring (bicyclic) bond motifs is 1. The maximum atomic E-state index is 5.79. The van der Waals surface area contributed by atoms with Gasteiger partial charge in [0.15, 0.2) is 0 Å². The SMILES string of the molecule is Clc1ccc2[nH]nc(Br)c2c1. The molecule has 0 amide bonds. The fourth-order valence-electron chi connectivity index (χ4n) is 0.954. The van der Waals surface area contributed by atoms with Crippen LogP contribution in [0.2, 0.25) is 5.02 Å². The summed E-state index contributed by atoms with van der Waals surface area (Å²) in [7, 11) is 0. The fraction of sp³-hybridized carbons (Fsp3) is 0. The molecule has 0 spiro atoms. The molecular weight excluding hydrogens is 227 g/mol. The molecule has 56 valence electrons. The Kier molecular flexibility index (Phi) is 1.62. The number of hydrogen-bond donors (Lipinski definition) is 1. The van der Waals surface area contributed by atoms with Gasteiger partial charge in [0.05, 0.1) is 5.52 Å². The summed E-state index contributed by atoms with van der Waals surface area (Å²) in [5.74, 6) is 0. The molecule has 0 aliphatic carbocycles. The number of H-pyrrole nitrogens is 1. The molecule has 0 fully saturated rings. The summed E-state index contributed by atoms with van der Waals surface area (Å²) in [5.41, 5.74) is 0.987. The first-order valence-corrected chi connectivity index (χ1v) is 4.23. The van der Waals surface area contributed by atoms with Gasteiger partial charge in [-0.1, -0.05) is 11.6 Å². The van der Waals surface area contributed by atoms with Crippen molar-refractivity contribution in [3.05, 3.63) is 27.8 Å². The number of nitrogens with zero attached hydrogens (tertiary/aromatic N) is 1. The average Bonchev–Trinajstić information content (AvgIpc) is 2.33. The molecule has 11 heavy (non-hydrogen) atoms. The van der Waals surface area contributed by atoms with Crippen LogP contribution in [-0.4, -0.2) is 10.2 Å². The first-order chi connectivity index (χ1) is 5.27. The molecule has 0 atom stereocenters. The van der Waals surface area contributed by atoms with Gasteiger partial charge in [-0.2, -0.15) is 5.10 Å². The molecule has 0 unspecified atom stereocenters. The standard InChI is InChI=1S/C7H4BrClN2/c8-7-5-3-4(9)1-2-6(5)10-11-7/h1-3H,(H,10,11). The maximum absolute atomic E-state index is 5.79. The number of benzene rings is 1. The smallest absolute Gasteiger partial charge is 0.135 e. The molecule has 0 aliphatic rings. The molecule has 4 heteroatoms. The third-order valence-electron chi connectivity index (χ3n) is 1.48. The van der Waals surface area contributed by atoms with E-state index in [9.17, 15) is 0 Å². The summed E-state index contributed by atoms with van der Waals surface area (Å²) in [5, 5.41) is 8.56. The zero-order valence-corrected chi connectivity index (χ0v) is 7.78. The predicted octanol–water partition coefficient (Wildman–Crippen LogP) is 2.98. The Morgan fingerprint density at radius 1 is 1.45 bits per heavy atom. The van der Waals surface area contributed by atoms with E-state index in [0.29, 0.717) is 0 Å². The van der Waals surface area contributed by atoms with Crippen molar-refractivity contribution in [3.63, 3.8) is 0 Å². The van der Waals surface area contributed by atoms with Gasteiger partial charge in [0.2, 0.25) is 0 Å².